The maximum atomic E-state index is 4.53. The predicted octanol–water partition coefficient (Wildman–Crippen LogP) is 4.40. The molecule has 2 rings (SSSR count). The van der Waals surface area contributed by atoms with Gasteiger partial charge in [0.05, 0.1) is 5.69 Å². The van der Waals surface area contributed by atoms with E-state index in [2.05, 4.69) is 67.2 Å². The average Bonchev–Trinajstić information content (AvgIpc) is 2.44. The van der Waals surface area contributed by atoms with Crippen LogP contribution < -0.4 is 5.32 Å². The first-order chi connectivity index (χ1) is 9.63. The molecule has 0 radical (unpaired) electrons. The zero-order chi connectivity index (χ0) is 14.5. The summed E-state index contributed by atoms with van der Waals surface area (Å²) in [7, 11) is 0. The molecule has 106 valence electrons. The maximum absolute atomic E-state index is 4.53. The Balaban J connectivity index is 2.52. The highest BCUT2D eigenvalue weighted by atomic mass is 15.0. The van der Waals surface area contributed by atoms with Crippen molar-refractivity contribution in [3.8, 4) is 11.3 Å². The van der Waals surface area contributed by atoms with E-state index in [4.69, 9.17) is 0 Å². The van der Waals surface area contributed by atoms with Gasteiger partial charge in [-0.3, -0.25) is 0 Å². The second kappa shape index (κ2) is 6.51. The summed E-state index contributed by atoms with van der Waals surface area (Å²) in [5, 5.41) is 3.42. The van der Waals surface area contributed by atoms with E-state index < -0.39 is 0 Å². The van der Waals surface area contributed by atoms with Crippen molar-refractivity contribution < 1.29 is 0 Å². The topological polar surface area (TPSA) is 37.8 Å². The standard InChI is InChI=1S/C17H23N3/c1-5-9-18-17-15(12(2)3)16(19-11-20-17)14-8-6-7-13(4)10-14/h6-8,10-12H,5,9H2,1-4H3,(H,18,19,20). The summed E-state index contributed by atoms with van der Waals surface area (Å²) in [5.74, 6) is 1.35. The summed E-state index contributed by atoms with van der Waals surface area (Å²) in [4.78, 5) is 8.95. The van der Waals surface area contributed by atoms with Gasteiger partial charge in [0.25, 0.3) is 0 Å². The molecule has 0 aliphatic rings. The molecular weight excluding hydrogens is 246 g/mol. The van der Waals surface area contributed by atoms with Gasteiger partial charge < -0.3 is 5.32 Å². The van der Waals surface area contributed by atoms with Crippen LogP contribution >= 0.6 is 0 Å². The van der Waals surface area contributed by atoms with E-state index in [1.165, 1.54) is 11.1 Å². The van der Waals surface area contributed by atoms with Crippen LogP contribution in [0, 0.1) is 6.92 Å². The van der Waals surface area contributed by atoms with Crippen molar-refractivity contribution >= 4 is 5.82 Å². The zero-order valence-corrected chi connectivity index (χ0v) is 12.8. The summed E-state index contributed by atoms with van der Waals surface area (Å²) in [5.41, 5.74) is 4.65. The van der Waals surface area contributed by atoms with Crippen molar-refractivity contribution in [3.05, 3.63) is 41.7 Å². The van der Waals surface area contributed by atoms with E-state index in [1.54, 1.807) is 6.33 Å². The van der Waals surface area contributed by atoms with Gasteiger partial charge in [0.2, 0.25) is 0 Å². The summed E-state index contributed by atoms with van der Waals surface area (Å²) >= 11 is 0. The molecule has 3 heteroatoms. The predicted molar refractivity (Wildman–Crippen MR) is 85.1 cm³/mol. The minimum absolute atomic E-state index is 0.381. The van der Waals surface area contributed by atoms with Gasteiger partial charge in [0, 0.05) is 17.7 Å². The van der Waals surface area contributed by atoms with Gasteiger partial charge >= 0.3 is 0 Å². The van der Waals surface area contributed by atoms with E-state index in [0.717, 1.165) is 30.0 Å². The van der Waals surface area contributed by atoms with E-state index in [9.17, 15) is 0 Å². The van der Waals surface area contributed by atoms with Gasteiger partial charge in [-0.1, -0.05) is 44.5 Å². The van der Waals surface area contributed by atoms with Crippen LogP contribution in [0.15, 0.2) is 30.6 Å². The fraction of sp³-hybridized carbons (Fsp3) is 0.412. The van der Waals surface area contributed by atoms with Crippen molar-refractivity contribution in [2.75, 3.05) is 11.9 Å². The molecule has 0 atom stereocenters. The Morgan fingerprint density at radius 1 is 1.20 bits per heavy atom. The third-order valence-corrected chi connectivity index (χ3v) is 3.30. The van der Waals surface area contributed by atoms with Crippen molar-refractivity contribution in [2.24, 2.45) is 0 Å². The van der Waals surface area contributed by atoms with Gasteiger partial charge in [-0.2, -0.15) is 0 Å². The first kappa shape index (κ1) is 14.5. The molecule has 3 nitrogen and oxygen atoms in total. The molecule has 0 saturated heterocycles. The fourth-order valence-electron chi connectivity index (χ4n) is 2.35. The monoisotopic (exact) mass is 269 g/mol. The Bertz CT molecular complexity index is 576. The molecule has 1 N–H and O–H groups in total. The Morgan fingerprint density at radius 3 is 2.65 bits per heavy atom. The quantitative estimate of drug-likeness (QED) is 0.874. The minimum Gasteiger partial charge on any atom is -0.370 e. The molecule has 0 unspecified atom stereocenters. The number of hydrogen-bond donors (Lipinski definition) is 1. The van der Waals surface area contributed by atoms with Crippen LogP contribution in [0.2, 0.25) is 0 Å². The molecule has 1 heterocycles. The molecule has 2 aromatic rings. The second-order valence-corrected chi connectivity index (χ2v) is 5.44. The van der Waals surface area contributed by atoms with Gasteiger partial charge in [-0.05, 0) is 25.3 Å². The Morgan fingerprint density at radius 2 is 2.00 bits per heavy atom. The van der Waals surface area contributed by atoms with Gasteiger partial charge in [-0.15, -0.1) is 0 Å². The van der Waals surface area contributed by atoms with Crippen LogP contribution in [-0.4, -0.2) is 16.5 Å². The summed E-state index contributed by atoms with van der Waals surface area (Å²) in [6, 6.07) is 8.48. The average molecular weight is 269 g/mol. The van der Waals surface area contributed by atoms with Crippen molar-refractivity contribution in [1.82, 2.24) is 9.97 Å². The molecule has 0 bridgehead atoms. The molecule has 1 aromatic carbocycles. The van der Waals surface area contributed by atoms with Crippen molar-refractivity contribution in [1.29, 1.82) is 0 Å². The number of nitrogens with zero attached hydrogens (tertiary/aromatic N) is 2. The molecule has 0 spiro atoms. The fourth-order valence-corrected chi connectivity index (χ4v) is 2.35. The lowest BCUT2D eigenvalue weighted by molar-refractivity contribution is 0.844. The lowest BCUT2D eigenvalue weighted by atomic mass is 9.96. The SMILES string of the molecule is CCCNc1ncnc(-c2cccc(C)c2)c1C(C)C. The third kappa shape index (κ3) is 3.16. The van der Waals surface area contributed by atoms with Gasteiger partial charge in [0.1, 0.15) is 12.1 Å². The van der Waals surface area contributed by atoms with E-state index >= 15 is 0 Å². The number of aryl methyl sites for hydroxylation is 1. The van der Waals surface area contributed by atoms with E-state index in [0.29, 0.717) is 5.92 Å². The second-order valence-electron chi connectivity index (χ2n) is 5.44. The molecule has 0 saturated carbocycles. The smallest absolute Gasteiger partial charge is 0.133 e. The van der Waals surface area contributed by atoms with Gasteiger partial charge in [-0.25, -0.2) is 9.97 Å². The highest BCUT2D eigenvalue weighted by Gasteiger charge is 2.15. The lowest BCUT2D eigenvalue weighted by Crippen LogP contribution is -2.08. The summed E-state index contributed by atoms with van der Waals surface area (Å²) < 4.78 is 0. The Labute approximate surface area is 121 Å². The Hall–Kier alpha value is -1.90. The Kier molecular flexibility index (Phi) is 4.72. The largest absolute Gasteiger partial charge is 0.370 e. The van der Waals surface area contributed by atoms with E-state index in [1.807, 2.05) is 0 Å². The van der Waals surface area contributed by atoms with Crippen molar-refractivity contribution in [3.63, 3.8) is 0 Å². The number of anilines is 1. The van der Waals surface area contributed by atoms with Crippen LogP contribution in [0.25, 0.3) is 11.3 Å². The highest BCUT2D eigenvalue weighted by molar-refractivity contribution is 5.69. The number of rotatable bonds is 5. The molecular formula is C17H23N3. The van der Waals surface area contributed by atoms with Crippen LogP contribution in [0.5, 0.6) is 0 Å². The van der Waals surface area contributed by atoms with Crippen LogP contribution in [0.4, 0.5) is 5.82 Å². The number of nitrogens with one attached hydrogen (secondary N) is 1. The normalized spacial score (nSPS) is 10.8. The lowest BCUT2D eigenvalue weighted by Gasteiger charge is -2.17. The zero-order valence-electron chi connectivity index (χ0n) is 12.8. The molecule has 1 aromatic heterocycles. The maximum Gasteiger partial charge on any atom is 0.133 e. The summed E-state index contributed by atoms with van der Waals surface area (Å²) in [6.45, 7) is 9.58. The third-order valence-electron chi connectivity index (χ3n) is 3.30. The first-order valence-corrected chi connectivity index (χ1v) is 7.29. The number of aromatic nitrogens is 2. The minimum atomic E-state index is 0.381. The van der Waals surface area contributed by atoms with Crippen LogP contribution in [0.1, 0.15) is 44.2 Å². The van der Waals surface area contributed by atoms with Crippen LogP contribution in [0.3, 0.4) is 0 Å². The van der Waals surface area contributed by atoms with Crippen molar-refractivity contribution in [2.45, 2.75) is 40.0 Å². The summed E-state index contributed by atoms with van der Waals surface area (Å²) in [6.07, 6.45) is 2.74. The highest BCUT2D eigenvalue weighted by Crippen LogP contribution is 2.32. The molecule has 20 heavy (non-hydrogen) atoms. The van der Waals surface area contributed by atoms with E-state index in [-0.39, 0.29) is 0 Å². The van der Waals surface area contributed by atoms with Gasteiger partial charge in [0.15, 0.2) is 0 Å². The number of benzene rings is 1. The first-order valence-electron chi connectivity index (χ1n) is 7.29. The number of hydrogen-bond acceptors (Lipinski definition) is 3. The molecule has 0 fully saturated rings. The molecule has 0 amide bonds. The molecule has 0 aliphatic heterocycles. The molecule has 0 aliphatic carbocycles. The van der Waals surface area contributed by atoms with Crippen LogP contribution in [-0.2, 0) is 0 Å².